The Balaban J connectivity index is 1.96. The molecule has 0 spiro atoms. The molecular formula is C16H24O2. The van der Waals surface area contributed by atoms with Crippen molar-refractivity contribution in [3.8, 4) is 5.75 Å². The lowest BCUT2D eigenvalue weighted by Crippen LogP contribution is -2.00. The van der Waals surface area contributed by atoms with Crippen LogP contribution in [0.5, 0.6) is 5.75 Å². The monoisotopic (exact) mass is 248 g/mol. The Morgan fingerprint density at radius 3 is 2.61 bits per heavy atom. The highest BCUT2D eigenvalue weighted by atomic mass is 16.6. The molecule has 1 aromatic carbocycles. The van der Waals surface area contributed by atoms with E-state index in [1.807, 2.05) is 0 Å². The van der Waals surface area contributed by atoms with E-state index in [-0.39, 0.29) is 0 Å². The molecule has 1 heterocycles. The molecule has 0 bridgehead atoms. The Morgan fingerprint density at radius 2 is 2.00 bits per heavy atom. The van der Waals surface area contributed by atoms with Gasteiger partial charge in [0.1, 0.15) is 5.75 Å². The topological polar surface area (TPSA) is 21.8 Å². The first-order valence-corrected chi connectivity index (χ1v) is 7.14. The van der Waals surface area contributed by atoms with Crippen LogP contribution in [0.3, 0.4) is 0 Å². The Kier molecular flexibility index (Phi) is 4.65. The minimum absolute atomic E-state index is 0.474. The van der Waals surface area contributed by atoms with E-state index in [4.69, 9.17) is 9.47 Å². The van der Waals surface area contributed by atoms with Gasteiger partial charge in [-0.3, -0.25) is 0 Å². The van der Waals surface area contributed by atoms with Crippen LogP contribution in [0.2, 0.25) is 0 Å². The van der Waals surface area contributed by atoms with E-state index in [0.29, 0.717) is 12.2 Å². The molecule has 0 radical (unpaired) electrons. The van der Waals surface area contributed by atoms with Gasteiger partial charge in [-0.15, -0.1) is 0 Å². The quantitative estimate of drug-likeness (QED) is 0.685. The van der Waals surface area contributed by atoms with Crippen molar-refractivity contribution >= 4 is 0 Å². The molecule has 2 unspecified atom stereocenters. The van der Waals surface area contributed by atoms with Gasteiger partial charge >= 0.3 is 0 Å². The van der Waals surface area contributed by atoms with Crippen molar-refractivity contribution in [1.82, 2.24) is 0 Å². The van der Waals surface area contributed by atoms with Gasteiger partial charge in [-0.25, -0.2) is 0 Å². The zero-order valence-corrected chi connectivity index (χ0v) is 11.7. The van der Waals surface area contributed by atoms with E-state index in [1.165, 1.54) is 11.1 Å². The second-order valence-electron chi connectivity index (χ2n) is 5.05. The van der Waals surface area contributed by atoms with Crippen molar-refractivity contribution in [3.63, 3.8) is 0 Å². The molecule has 18 heavy (non-hydrogen) atoms. The summed E-state index contributed by atoms with van der Waals surface area (Å²) in [6.07, 6.45) is 5.35. The van der Waals surface area contributed by atoms with E-state index in [2.05, 4.69) is 39.0 Å². The normalized spacial score (nSPS) is 21.9. The molecule has 1 aliphatic rings. The van der Waals surface area contributed by atoms with E-state index in [1.54, 1.807) is 0 Å². The van der Waals surface area contributed by atoms with Crippen LogP contribution in [-0.4, -0.2) is 18.8 Å². The van der Waals surface area contributed by atoms with Crippen molar-refractivity contribution in [2.24, 2.45) is 0 Å². The van der Waals surface area contributed by atoms with Gasteiger partial charge in [0.05, 0.1) is 18.8 Å². The van der Waals surface area contributed by atoms with Crippen molar-refractivity contribution in [1.29, 1.82) is 0 Å². The number of hydrogen-bond acceptors (Lipinski definition) is 2. The Hall–Kier alpha value is -1.02. The van der Waals surface area contributed by atoms with Crippen molar-refractivity contribution < 1.29 is 9.47 Å². The van der Waals surface area contributed by atoms with Crippen LogP contribution in [0.15, 0.2) is 18.2 Å². The largest absolute Gasteiger partial charge is 0.494 e. The fourth-order valence-corrected chi connectivity index (χ4v) is 2.32. The zero-order chi connectivity index (χ0) is 13.0. The summed E-state index contributed by atoms with van der Waals surface area (Å²) in [6, 6.07) is 6.51. The molecule has 2 heteroatoms. The molecule has 0 saturated carbocycles. The molecular weight excluding hydrogens is 224 g/mol. The third kappa shape index (κ3) is 3.49. The predicted molar refractivity (Wildman–Crippen MR) is 74.3 cm³/mol. The molecule has 2 rings (SSSR count). The Morgan fingerprint density at radius 1 is 1.22 bits per heavy atom. The Bertz CT molecular complexity index is 387. The molecule has 0 aromatic heterocycles. The minimum atomic E-state index is 0.474. The van der Waals surface area contributed by atoms with Crippen LogP contribution in [0, 0.1) is 0 Å². The lowest BCUT2D eigenvalue weighted by molar-refractivity contribution is 0.317. The highest BCUT2D eigenvalue weighted by molar-refractivity contribution is 5.36. The van der Waals surface area contributed by atoms with Crippen molar-refractivity contribution in [2.75, 3.05) is 6.61 Å². The van der Waals surface area contributed by atoms with Gasteiger partial charge in [-0.05, 0) is 55.9 Å². The molecule has 1 aliphatic heterocycles. The van der Waals surface area contributed by atoms with Gasteiger partial charge in [-0.2, -0.15) is 0 Å². The maximum atomic E-state index is 5.68. The third-order valence-electron chi connectivity index (χ3n) is 3.57. The number of hydrogen-bond donors (Lipinski definition) is 0. The molecule has 1 saturated heterocycles. The Labute approximate surface area is 110 Å². The first-order chi connectivity index (χ1) is 8.74. The molecule has 2 nitrogen and oxygen atoms in total. The van der Waals surface area contributed by atoms with Gasteiger partial charge in [0.25, 0.3) is 0 Å². The van der Waals surface area contributed by atoms with Gasteiger partial charge in [0.15, 0.2) is 0 Å². The van der Waals surface area contributed by atoms with Gasteiger partial charge in [0, 0.05) is 0 Å². The van der Waals surface area contributed by atoms with E-state index in [9.17, 15) is 0 Å². The molecule has 2 atom stereocenters. The third-order valence-corrected chi connectivity index (χ3v) is 3.57. The second kappa shape index (κ2) is 6.24. The first kappa shape index (κ1) is 13.4. The maximum absolute atomic E-state index is 5.68. The van der Waals surface area contributed by atoms with Gasteiger partial charge < -0.3 is 9.47 Å². The van der Waals surface area contributed by atoms with Gasteiger partial charge in [0.2, 0.25) is 0 Å². The molecule has 0 amide bonds. The maximum Gasteiger partial charge on any atom is 0.119 e. The average molecular weight is 248 g/mol. The lowest BCUT2D eigenvalue weighted by Gasteiger charge is -2.11. The fraction of sp³-hybridized carbons (Fsp3) is 0.625. The zero-order valence-electron chi connectivity index (χ0n) is 11.7. The summed E-state index contributed by atoms with van der Waals surface area (Å²) in [5.41, 5.74) is 2.86. The van der Waals surface area contributed by atoms with E-state index < -0.39 is 0 Å². The van der Waals surface area contributed by atoms with E-state index in [0.717, 1.165) is 38.0 Å². The highest BCUT2D eigenvalue weighted by Crippen LogP contribution is 2.27. The summed E-state index contributed by atoms with van der Waals surface area (Å²) < 4.78 is 11.1. The first-order valence-electron chi connectivity index (χ1n) is 7.14. The van der Waals surface area contributed by atoms with Crippen LogP contribution in [0.4, 0.5) is 0 Å². The molecule has 0 N–H and O–H groups in total. The summed E-state index contributed by atoms with van der Waals surface area (Å²) in [7, 11) is 0. The van der Waals surface area contributed by atoms with Gasteiger partial charge in [-0.1, -0.05) is 19.9 Å². The number of ether oxygens (including phenoxy) is 2. The van der Waals surface area contributed by atoms with Crippen LogP contribution >= 0.6 is 0 Å². The smallest absolute Gasteiger partial charge is 0.119 e. The standard InChI is InChI=1S/C16H24O2/c1-4-10-17-15-8-6-14(13(5-2)11-15)7-9-16-12(3)18-16/h6,8,11-12,16H,4-5,7,9-10H2,1-3H3. The van der Waals surface area contributed by atoms with Crippen LogP contribution in [0.25, 0.3) is 0 Å². The van der Waals surface area contributed by atoms with Crippen molar-refractivity contribution in [3.05, 3.63) is 29.3 Å². The van der Waals surface area contributed by atoms with Crippen LogP contribution in [0.1, 0.15) is 44.7 Å². The number of rotatable bonds is 7. The van der Waals surface area contributed by atoms with Crippen LogP contribution < -0.4 is 4.74 Å². The molecule has 100 valence electrons. The highest BCUT2D eigenvalue weighted by Gasteiger charge is 2.33. The summed E-state index contributed by atoms with van der Waals surface area (Å²) in [5.74, 6) is 1.01. The lowest BCUT2D eigenvalue weighted by atomic mass is 9.99. The van der Waals surface area contributed by atoms with Crippen molar-refractivity contribution in [2.45, 2.75) is 58.7 Å². The molecule has 1 fully saturated rings. The van der Waals surface area contributed by atoms with Crippen LogP contribution in [-0.2, 0) is 17.6 Å². The fourth-order valence-electron chi connectivity index (χ4n) is 2.32. The number of benzene rings is 1. The number of aryl methyl sites for hydroxylation is 2. The average Bonchev–Trinajstić information content (AvgIpc) is 3.10. The molecule has 1 aromatic rings. The molecule has 0 aliphatic carbocycles. The summed E-state index contributed by atoms with van der Waals surface area (Å²) in [5, 5.41) is 0. The minimum Gasteiger partial charge on any atom is -0.494 e. The SMILES string of the molecule is CCCOc1ccc(CCC2OC2C)c(CC)c1. The number of epoxide rings is 1. The van der Waals surface area contributed by atoms with E-state index >= 15 is 0 Å². The summed E-state index contributed by atoms with van der Waals surface area (Å²) in [6.45, 7) is 7.29. The second-order valence-corrected chi connectivity index (χ2v) is 5.05. The predicted octanol–water partition coefficient (Wildman–Crippen LogP) is 3.76. The summed E-state index contributed by atoms with van der Waals surface area (Å²) >= 11 is 0. The summed E-state index contributed by atoms with van der Waals surface area (Å²) in [4.78, 5) is 0.